The van der Waals surface area contributed by atoms with Crippen LogP contribution in [0.4, 0.5) is 18.3 Å². The fourth-order valence-electron chi connectivity index (χ4n) is 2.78. The van der Waals surface area contributed by atoms with Crippen molar-refractivity contribution in [1.82, 2.24) is 9.88 Å². The number of furan rings is 1. The number of likely N-dealkylation sites (N-methyl/N-ethyl adjacent to an activating group) is 1. The van der Waals surface area contributed by atoms with Gasteiger partial charge in [0, 0.05) is 19.2 Å². The van der Waals surface area contributed by atoms with Crippen molar-refractivity contribution in [3.8, 4) is 5.75 Å². The van der Waals surface area contributed by atoms with E-state index < -0.39 is 6.36 Å². The summed E-state index contributed by atoms with van der Waals surface area (Å²) in [5.74, 6) is 0.528. The van der Waals surface area contributed by atoms with Gasteiger partial charge >= 0.3 is 6.36 Å². The van der Waals surface area contributed by atoms with Gasteiger partial charge in [-0.2, -0.15) is 0 Å². The molecule has 0 spiro atoms. The van der Waals surface area contributed by atoms with E-state index in [2.05, 4.69) is 9.72 Å². The number of hydrogen-bond donors (Lipinski definition) is 0. The lowest BCUT2D eigenvalue weighted by molar-refractivity contribution is -0.274. The van der Waals surface area contributed by atoms with E-state index in [1.54, 1.807) is 19.9 Å². The number of thiazole rings is 1. The number of rotatable bonds is 6. The Labute approximate surface area is 181 Å². The third kappa shape index (κ3) is 5.65. The zero-order valence-corrected chi connectivity index (χ0v) is 18.4. The van der Waals surface area contributed by atoms with Crippen molar-refractivity contribution in [3.63, 3.8) is 0 Å². The number of carbonyl (C=O) groups is 1. The van der Waals surface area contributed by atoms with Crippen LogP contribution in [-0.2, 0) is 0 Å². The van der Waals surface area contributed by atoms with Crippen molar-refractivity contribution in [2.75, 3.05) is 32.1 Å². The molecule has 30 heavy (non-hydrogen) atoms. The van der Waals surface area contributed by atoms with Gasteiger partial charge in [0.15, 0.2) is 5.13 Å². The summed E-state index contributed by atoms with van der Waals surface area (Å²) in [7, 11) is 3.77. The van der Waals surface area contributed by atoms with Gasteiger partial charge in [0.1, 0.15) is 17.3 Å². The van der Waals surface area contributed by atoms with Crippen LogP contribution >= 0.6 is 23.7 Å². The van der Waals surface area contributed by atoms with E-state index in [9.17, 15) is 18.0 Å². The summed E-state index contributed by atoms with van der Waals surface area (Å²) >= 11 is 1.13. The average molecular weight is 464 g/mol. The van der Waals surface area contributed by atoms with Gasteiger partial charge in [-0.05, 0) is 46.1 Å². The van der Waals surface area contributed by atoms with E-state index in [1.807, 2.05) is 19.0 Å². The number of hydrogen-bond acceptors (Lipinski definition) is 6. The highest BCUT2D eigenvalue weighted by atomic mass is 35.5. The highest BCUT2D eigenvalue weighted by Crippen LogP contribution is 2.34. The number of ether oxygens (including phenoxy) is 1. The molecule has 6 nitrogen and oxygen atoms in total. The molecule has 1 amide bonds. The number of carbonyl (C=O) groups excluding carboxylic acids is 1. The van der Waals surface area contributed by atoms with Gasteiger partial charge in [-0.3, -0.25) is 9.69 Å². The molecule has 2 heterocycles. The van der Waals surface area contributed by atoms with Gasteiger partial charge in [0.25, 0.3) is 5.91 Å². The van der Waals surface area contributed by atoms with Crippen LogP contribution in [0.5, 0.6) is 5.75 Å². The normalized spacial score (nSPS) is 11.6. The molecule has 1 aromatic carbocycles. The number of nitrogens with zero attached hydrogens (tertiary/aromatic N) is 3. The molecule has 0 saturated carbocycles. The fourth-order valence-corrected chi connectivity index (χ4v) is 3.80. The first-order valence-corrected chi connectivity index (χ1v) is 9.55. The van der Waals surface area contributed by atoms with E-state index in [0.29, 0.717) is 45.5 Å². The number of fused-ring (bicyclic) bond motifs is 1. The summed E-state index contributed by atoms with van der Waals surface area (Å²) < 4.78 is 47.4. The van der Waals surface area contributed by atoms with Gasteiger partial charge in [-0.1, -0.05) is 11.3 Å². The summed E-state index contributed by atoms with van der Waals surface area (Å²) in [6.45, 7) is 4.42. The minimum Gasteiger partial charge on any atom is -0.466 e. The number of amides is 1. The SMILES string of the molecule is Cc1cc(C(=O)N(CCN(C)C)c2nc3ccc(OC(F)(F)F)cc3s2)c(C)o1.Cl. The molecule has 0 unspecified atom stereocenters. The van der Waals surface area contributed by atoms with E-state index in [1.165, 1.54) is 23.1 Å². The molecular formula is C19H21ClF3N3O3S. The van der Waals surface area contributed by atoms with Crippen LogP contribution in [0.3, 0.4) is 0 Å². The predicted octanol–water partition coefficient (Wildman–Crippen LogP) is 5.03. The van der Waals surface area contributed by atoms with Crippen LogP contribution in [0.1, 0.15) is 21.9 Å². The van der Waals surface area contributed by atoms with Crippen molar-refractivity contribution in [1.29, 1.82) is 0 Å². The van der Waals surface area contributed by atoms with Crippen molar-refractivity contribution < 1.29 is 27.1 Å². The quantitative estimate of drug-likeness (QED) is 0.513. The van der Waals surface area contributed by atoms with Crippen molar-refractivity contribution in [3.05, 3.63) is 41.3 Å². The van der Waals surface area contributed by atoms with Gasteiger partial charge in [0.2, 0.25) is 0 Å². The fraction of sp³-hybridized carbons (Fsp3) is 0.368. The van der Waals surface area contributed by atoms with Gasteiger partial charge < -0.3 is 14.1 Å². The average Bonchev–Trinajstić information content (AvgIpc) is 3.15. The predicted molar refractivity (Wildman–Crippen MR) is 112 cm³/mol. The second-order valence-corrected chi connectivity index (χ2v) is 7.77. The third-order valence-corrected chi connectivity index (χ3v) is 5.14. The smallest absolute Gasteiger partial charge is 0.466 e. The highest BCUT2D eigenvalue weighted by Gasteiger charge is 2.31. The molecular weight excluding hydrogens is 443 g/mol. The Bertz CT molecular complexity index is 1030. The lowest BCUT2D eigenvalue weighted by Crippen LogP contribution is -2.36. The lowest BCUT2D eigenvalue weighted by Gasteiger charge is -2.21. The maximum atomic E-state index is 13.2. The molecule has 164 valence electrons. The number of alkyl halides is 3. The molecule has 3 aromatic rings. The molecule has 0 N–H and O–H groups in total. The summed E-state index contributed by atoms with van der Waals surface area (Å²) in [6, 6.07) is 5.59. The van der Waals surface area contributed by atoms with E-state index >= 15 is 0 Å². The van der Waals surface area contributed by atoms with Crippen molar-refractivity contribution >= 4 is 45.0 Å². The Balaban J connectivity index is 0.00000320. The van der Waals surface area contributed by atoms with Crippen LogP contribution in [0.2, 0.25) is 0 Å². The Morgan fingerprint density at radius 2 is 1.90 bits per heavy atom. The Hall–Kier alpha value is -2.30. The Kier molecular flexibility index (Phi) is 7.38. The molecule has 0 atom stereocenters. The van der Waals surface area contributed by atoms with Gasteiger partial charge in [-0.15, -0.1) is 25.6 Å². The molecule has 3 rings (SSSR count). The highest BCUT2D eigenvalue weighted by molar-refractivity contribution is 7.22. The second-order valence-electron chi connectivity index (χ2n) is 6.76. The first kappa shape index (κ1) is 24.0. The summed E-state index contributed by atoms with van der Waals surface area (Å²) in [5.41, 5.74) is 0.920. The molecule has 0 aliphatic rings. The van der Waals surface area contributed by atoms with E-state index in [0.717, 1.165) is 11.3 Å². The number of benzene rings is 1. The molecule has 0 aliphatic carbocycles. The Morgan fingerprint density at radius 3 is 2.47 bits per heavy atom. The number of aryl methyl sites for hydroxylation is 2. The van der Waals surface area contributed by atoms with Crippen LogP contribution < -0.4 is 9.64 Å². The molecule has 11 heteroatoms. The van der Waals surface area contributed by atoms with E-state index in [4.69, 9.17) is 4.42 Å². The van der Waals surface area contributed by atoms with Crippen LogP contribution in [0.25, 0.3) is 10.2 Å². The third-order valence-electron chi connectivity index (χ3n) is 4.10. The molecule has 0 saturated heterocycles. The van der Waals surface area contributed by atoms with Crippen molar-refractivity contribution in [2.45, 2.75) is 20.2 Å². The van der Waals surface area contributed by atoms with Gasteiger partial charge in [0.05, 0.1) is 15.8 Å². The van der Waals surface area contributed by atoms with Crippen LogP contribution in [-0.4, -0.2) is 49.3 Å². The molecule has 0 fully saturated rings. The van der Waals surface area contributed by atoms with Crippen molar-refractivity contribution in [2.24, 2.45) is 0 Å². The number of aromatic nitrogens is 1. The molecule has 0 bridgehead atoms. The number of anilines is 1. The van der Waals surface area contributed by atoms with Crippen LogP contribution in [0, 0.1) is 13.8 Å². The largest absolute Gasteiger partial charge is 0.573 e. The minimum absolute atomic E-state index is 0. The summed E-state index contributed by atoms with van der Waals surface area (Å²) in [5, 5.41) is 0.397. The maximum Gasteiger partial charge on any atom is 0.573 e. The molecule has 0 radical (unpaired) electrons. The first-order valence-electron chi connectivity index (χ1n) is 8.73. The lowest BCUT2D eigenvalue weighted by atomic mass is 10.2. The zero-order chi connectivity index (χ0) is 21.3. The Morgan fingerprint density at radius 1 is 1.20 bits per heavy atom. The standard InChI is InChI=1S/C19H20F3N3O3S.ClH/c1-11-9-14(12(2)27-11)17(26)25(8-7-24(3)4)18-23-15-6-5-13(10-16(15)29-18)28-19(20,21)22;/h5-6,9-10H,7-8H2,1-4H3;1H. The van der Waals surface area contributed by atoms with Gasteiger partial charge in [-0.25, -0.2) is 4.98 Å². The second kappa shape index (κ2) is 9.23. The molecule has 2 aromatic heterocycles. The van der Waals surface area contributed by atoms with Crippen LogP contribution in [0.15, 0.2) is 28.7 Å². The topological polar surface area (TPSA) is 58.8 Å². The zero-order valence-electron chi connectivity index (χ0n) is 16.7. The summed E-state index contributed by atoms with van der Waals surface area (Å²) in [6.07, 6.45) is -4.77. The maximum absolute atomic E-state index is 13.2. The summed E-state index contributed by atoms with van der Waals surface area (Å²) in [4.78, 5) is 21.1. The monoisotopic (exact) mass is 463 g/mol. The molecule has 0 aliphatic heterocycles. The first-order chi connectivity index (χ1) is 13.5. The minimum atomic E-state index is -4.77. The number of halogens is 4. The van der Waals surface area contributed by atoms with E-state index in [-0.39, 0.29) is 24.1 Å².